The maximum Gasteiger partial charge on any atom is 0.263 e. The van der Waals surface area contributed by atoms with Gasteiger partial charge in [-0.2, -0.15) is 5.26 Å². The number of hydrogen-bond donors (Lipinski definition) is 2. The number of hydrogen-bond acceptors (Lipinski definition) is 7. The molecule has 2 heterocycles. The van der Waals surface area contributed by atoms with Crippen molar-refractivity contribution in [3.05, 3.63) is 69.6 Å². The third-order valence-electron chi connectivity index (χ3n) is 5.47. The van der Waals surface area contributed by atoms with Crippen LogP contribution in [0.15, 0.2) is 47.4 Å². The number of nitriles is 1. The molecule has 3 aromatic rings. The molecule has 0 aliphatic heterocycles. The minimum Gasteiger partial charge on any atom is -0.475 e. The van der Waals surface area contributed by atoms with Crippen LogP contribution in [0.1, 0.15) is 34.3 Å². The molecule has 1 aromatic carbocycles. The Balaban J connectivity index is 1.55. The van der Waals surface area contributed by atoms with Crippen molar-refractivity contribution in [2.45, 2.75) is 24.1 Å². The van der Waals surface area contributed by atoms with E-state index in [1.165, 1.54) is 4.57 Å². The van der Waals surface area contributed by atoms with Gasteiger partial charge in [-0.05, 0) is 49.7 Å². The first kappa shape index (κ1) is 21.9. The summed E-state index contributed by atoms with van der Waals surface area (Å²) in [6.45, 7) is 0.743. The van der Waals surface area contributed by atoms with Crippen LogP contribution in [0, 0.1) is 11.3 Å². The molecule has 1 fully saturated rings. The van der Waals surface area contributed by atoms with Gasteiger partial charge < -0.3 is 14.6 Å². The number of nitrogens with one attached hydrogen (secondary N) is 2. The largest absolute Gasteiger partial charge is 0.475 e. The number of aromatic nitrogens is 2. The Kier molecular flexibility index (Phi) is 6.17. The van der Waals surface area contributed by atoms with Gasteiger partial charge in [-0.25, -0.2) is 4.98 Å². The van der Waals surface area contributed by atoms with Crippen molar-refractivity contribution in [1.29, 1.82) is 5.26 Å². The Hall–Kier alpha value is -3.35. The van der Waals surface area contributed by atoms with Crippen molar-refractivity contribution < 1.29 is 9.53 Å². The molecule has 8 nitrogen and oxygen atoms in total. The molecule has 1 aliphatic carbocycles. The summed E-state index contributed by atoms with van der Waals surface area (Å²) in [5.41, 5.74) is 1.58. The van der Waals surface area contributed by atoms with Crippen LogP contribution < -0.4 is 20.3 Å². The molecular formula is C23H23N5O3S. The zero-order valence-electron chi connectivity index (χ0n) is 17.8. The summed E-state index contributed by atoms with van der Waals surface area (Å²) in [5.74, 6) is -0.0758. The topological polar surface area (TPSA) is 109 Å². The molecule has 1 saturated carbocycles. The summed E-state index contributed by atoms with van der Waals surface area (Å²) in [5, 5.41) is 12.4. The van der Waals surface area contributed by atoms with Crippen molar-refractivity contribution in [1.82, 2.24) is 19.6 Å². The fraction of sp³-hybridized carbons (Fsp3) is 0.304. The van der Waals surface area contributed by atoms with Crippen LogP contribution in [-0.4, -0.2) is 33.9 Å². The van der Waals surface area contributed by atoms with Crippen LogP contribution in [0.5, 0.6) is 5.88 Å². The van der Waals surface area contributed by atoms with Crippen molar-refractivity contribution in [3.63, 3.8) is 0 Å². The van der Waals surface area contributed by atoms with Crippen molar-refractivity contribution in [2.24, 2.45) is 7.05 Å². The third kappa shape index (κ3) is 4.47. The van der Waals surface area contributed by atoms with Crippen LogP contribution in [0.2, 0.25) is 0 Å². The molecule has 2 aromatic heterocycles. The summed E-state index contributed by atoms with van der Waals surface area (Å²) < 4.78 is 10.6. The molecule has 1 aliphatic rings. The zero-order chi connectivity index (χ0) is 22.7. The number of fused-ring (bicyclic) bond motifs is 1. The van der Waals surface area contributed by atoms with E-state index in [-0.39, 0.29) is 16.9 Å². The first-order valence-corrected chi connectivity index (χ1v) is 11.0. The second kappa shape index (κ2) is 9.02. The fourth-order valence-corrected chi connectivity index (χ4v) is 4.33. The second-order valence-electron chi connectivity index (χ2n) is 7.75. The van der Waals surface area contributed by atoms with Crippen molar-refractivity contribution >= 4 is 28.8 Å². The Morgan fingerprint density at radius 3 is 2.72 bits per heavy atom. The predicted molar refractivity (Wildman–Crippen MR) is 123 cm³/mol. The van der Waals surface area contributed by atoms with Crippen LogP contribution in [0.3, 0.4) is 0 Å². The minimum atomic E-state index is -0.460. The Bertz CT molecular complexity index is 1260. The van der Waals surface area contributed by atoms with Crippen LogP contribution in [0.4, 0.5) is 0 Å². The van der Waals surface area contributed by atoms with E-state index in [1.807, 2.05) is 7.05 Å². The molecule has 32 heavy (non-hydrogen) atoms. The molecule has 4 rings (SSSR count). The Morgan fingerprint density at radius 2 is 2.06 bits per heavy atom. The predicted octanol–water partition coefficient (Wildman–Crippen LogP) is 2.51. The number of amides is 1. The van der Waals surface area contributed by atoms with Gasteiger partial charge in [-0.1, -0.05) is 24.1 Å². The first-order valence-electron chi connectivity index (χ1n) is 10.2. The molecule has 9 heteroatoms. The molecule has 0 unspecified atom stereocenters. The van der Waals surface area contributed by atoms with E-state index in [9.17, 15) is 9.59 Å². The van der Waals surface area contributed by atoms with Gasteiger partial charge in [0.15, 0.2) is 0 Å². The summed E-state index contributed by atoms with van der Waals surface area (Å²) in [7, 11) is 3.50. The number of ether oxygens (including phenoxy) is 1. The van der Waals surface area contributed by atoms with Gasteiger partial charge in [0, 0.05) is 25.2 Å². The molecule has 0 spiro atoms. The van der Waals surface area contributed by atoms with Crippen LogP contribution >= 0.6 is 11.9 Å². The lowest BCUT2D eigenvalue weighted by molar-refractivity contribution is 0.0949. The average molecular weight is 450 g/mol. The highest BCUT2D eigenvalue weighted by molar-refractivity contribution is 7.99. The standard InChI is InChI=1S/C23H23N5O3S/c1-25-32-23(8-9-23)14-31-21-19-17(7-10-26-21)11-18(22(30)28(19)2)20(29)27-13-16-5-3-15(12-24)4-6-16/h3-7,10-11,25H,8-9,13-14H2,1-2H3,(H,27,29). The number of carbonyl (C=O) groups excluding carboxylic acids is 1. The van der Waals surface area contributed by atoms with E-state index in [1.54, 1.807) is 61.6 Å². The zero-order valence-corrected chi connectivity index (χ0v) is 18.7. The lowest BCUT2D eigenvalue weighted by Gasteiger charge is -2.17. The van der Waals surface area contributed by atoms with Crippen molar-refractivity contribution in [2.75, 3.05) is 13.7 Å². The molecule has 0 atom stereocenters. The smallest absolute Gasteiger partial charge is 0.263 e. The van der Waals surface area contributed by atoms with Crippen LogP contribution in [-0.2, 0) is 13.6 Å². The van der Waals surface area contributed by atoms with E-state index < -0.39 is 11.5 Å². The van der Waals surface area contributed by atoms with Crippen molar-refractivity contribution in [3.8, 4) is 11.9 Å². The van der Waals surface area contributed by atoms with Gasteiger partial charge in [0.05, 0.1) is 16.4 Å². The molecule has 1 amide bonds. The third-order valence-corrected chi connectivity index (χ3v) is 6.63. The number of benzene rings is 1. The van der Waals surface area contributed by atoms with E-state index in [4.69, 9.17) is 10.00 Å². The number of aryl methyl sites for hydroxylation is 1. The maximum atomic E-state index is 13.0. The van der Waals surface area contributed by atoms with Gasteiger partial charge in [-0.3, -0.25) is 14.3 Å². The number of rotatable bonds is 8. The lowest BCUT2D eigenvalue weighted by Crippen LogP contribution is -2.32. The van der Waals surface area contributed by atoms with Gasteiger partial charge in [0.2, 0.25) is 5.88 Å². The summed E-state index contributed by atoms with van der Waals surface area (Å²) in [4.78, 5) is 30.0. The number of pyridine rings is 2. The highest BCUT2D eigenvalue weighted by Gasteiger charge is 2.44. The van der Waals surface area contributed by atoms with Gasteiger partial charge in [0.25, 0.3) is 11.5 Å². The lowest BCUT2D eigenvalue weighted by atomic mass is 10.1. The van der Waals surface area contributed by atoms with E-state index in [2.05, 4.69) is 21.1 Å². The van der Waals surface area contributed by atoms with E-state index in [0.29, 0.717) is 29.0 Å². The molecule has 164 valence electrons. The highest BCUT2D eigenvalue weighted by Crippen LogP contribution is 2.47. The van der Waals surface area contributed by atoms with E-state index >= 15 is 0 Å². The first-order chi connectivity index (χ1) is 15.5. The van der Waals surface area contributed by atoms with Gasteiger partial charge in [-0.15, -0.1) is 0 Å². The summed E-state index contributed by atoms with van der Waals surface area (Å²) in [6.07, 6.45) is 3.74. The van der Waals surface area contributed by atoms with Gasteiger partial charge in [0.1, 0.15) is 17.7 Å². The van der Waals surface area contributed by atoms with E-state index in [0.717, 1.165) is 18.4 Å². The summed E-state index contributed by atoms with van der Waals surface area (Å²) in [6, 6.07) is 12.3. The second-order valence-corrected chi connectivity index (χ2v) is 9.22. The molecule has 2 N–H and O–H groups in total. The fourth-order valence-electron chi connectivity index (χ4n) is 3.48. The van der Waals surface area contributed by atoms with Crippen LogP contribution in [0.25, 0.3) is 10.9 Å². The highest BCUT2D eigenvalue weighted by atomic mass is 32.2. The molecular weight excluding hydrogens is 426 g/mol. The normalized spacial score (nSPS) is 14.0. The average Bonchev–Trinajstić information content (AvgIpc) is 3.58. The quantitative estimate of drug-likeness (QED) is 0.509. The minimum absolute atomic E-state index is 0.0444. The Morgan fingerprint density at radius 1 is 1.31 bits per heavy atom. The summed E-state index contributed by atoms with van der Waals surface area (Å²) >= 11 is 1.65. The molecule has 0 radical (unpaired) electrons. The van der Waals surface area contributed by atoms with Gasteiger partial charge >= 0.3 is 0 Å². The maximum absolute atomic E-state index is 13.0. The molecule has 0 saturated heterocycles. The number of carbonyl (C=O) groups is 1. The SMILES string of the molecule is CNSC1(COc2nccc3cc(C(=O)NCc4ccc(C#N)cc4)c(=O)n(C)c23)CC1. The Labute approximate surface area is 189 Å². The monoisotopic (exact) mass is 449 g/mol. The molecule has 0 bridgehead atoms. The number of nitrogens with zero attached hydrogens (tertiary/aromatic N) is 3.